The summed E-state index contributed by atoms with van der Waals surface area (Å²) in [4.78, 5) is 13.6. The maximum absolute atomic E-state index is 5.71. The lowest BCUT2D eigenvalue weighted by Gasteiger charge is -2.37. The quantitative estimate of drug-likeness (QED) is 0.332. The predicted octanol–water partition coefficient (Wildman–Crippen LogP) is 3.39. The van der Waals surface area contributed by atoms with Gasteiger partial charge in [-0.05, 0) is 36.5 Å². The minimum absolute atomic E-state index is 0. The van der Waals surface area contributed by atoms with E-state index in [9.17, 15) is 0 Å². The number of hydrogen-bond acceptors (Lipinski definition) is 5. The second-order valence-corrected chi connectivity index (χ2v) is 7.84. The first-order chi connectivity index (χ1) is 14.7. The number of aliphatic imine (C=N–C) groups is 1. The summed E-state index contributed by atoms with van der Waals surface area (Å²) in [6, 6.07) is 12.3. The van der Waals surface area contributed by atoms with Crippen molar-refractivity contribution in [1.29, 1.82) is 0 Å². The summed E-state index contributed by atoms with van der Waals surface area (Å²) in [5, 5.41) is 3.46. The fraction of sp³-hybridized carbons (Fsp3) is 0.478. The van der Waals surface area contributed by atoms with Gasteiger partial charge in [-0.3, -0.25) is 4.99 Å². The molecule has 1 aliphatic carbocycles. The summed E-state index contributed by atoms with van der Waals surface area (Å²) in [5.41, 5.74) is 2.32. The van der Waals surface area contributed by atoms with Crippen LogP contribution in [0.25, 0.3) is 0 Å². The Kier molecular flexibility index (Phi) is 8.62. The van der Waals surface area contributed by atoms with Crippen molar-refractivity contribution in [3.63, 3.8) is 0 Å². The fourth-order valence-electron chi connectivity index (χ4n) is 3.59. The molecule has 0 spiro atoms. The van der Waals surface area contributed by atoms with E-state index in [-0.39, 0.29) is 24.0 Å². The van der Waals surface area contributed by atoms with Gasteiger partial charge in [-0.1, -0.05) is 12.1 Å². The van der Waals surface area contributed by atoms with Crippen molar-refractivity contribution in [2.45, 2.75) is 19.4 Å². The van der Waals surface area contributed by atoms with Crippen molar-refractivity contribution < 1.29 is 9.47 Å². The van der Waals surface area contributed by atoms with Crippen LogP contribution in [0, 0.1) is 5.92 Å². The smallest absolute Gasteiger partial charge is 0.213 e. The summed E-state index contributed by atoms with van der Waals surface area (Å²) >= 11 is 0. The molecule has 0 radical (unpaired) electrons. The zero-order chi connectivity index (χ0) is 20.8. The monoisotopic (exact) mass is 537 g/mol. The second-order valence-electron chi connectivity index (χ2n) is 7.84. The van der Waals surface area contributed by atoms with E-state index in [1.165, 1.54) is 18.5 Å². The van der Waals surface area contributed by atoms with Gasteiger partial charge in [0.05, 0.1) is 13.7 Å². The summed E-state index contributed by atoms with van der Waals surface area (Å²) < 4.78 is 11.1. The van der Waals surface area contributed by atoms with Crippen LogP contribution in [0.2, 0.25) is 0 Å². The predicted molar refractivity (Wildman–Crippen MR) is 135 cm³/mol. The van der Waals surface area contributed by atoms with Crippen LogP contribution in [0.5, 0.6) is 11.6 Å². The first kappa shape index (κ1) is 23.4. The van der Waals surface area contributed by atoms with E-state index >= 15 is 0 Å². The lowest BCUT2D eigenvalue weighted by Crippen LogP contribution is -2.52. The molecule has 2 heterocycles. The van der Waals surface area contributed by atoms with E-state index in [1.807, 2.05) is 31.4 Å². The minimum atomic E-state index is 0. The summed E-state index contributed by atoms with van der Waals surface area (Å²) in [7, 11) is 3.54. The number of nitrogens with one attached hydrogen (secondary N) is 1. The number of methoxy groups -OCH3 is 1. The number of ether oxygens (including phenoxy) is 2. The Balaban J connectivity index is 0.00000272. The van der Waals surface area contributed by atoms with E-state index < -0.39 is 0 Å². The van der Waals surface area contributed by atoms with Gasteiger partial charge < -0.3 is 24.6 Å². The Bertz CT molecular complexity index is 849. The van der Waals surface area contributed by atoms with Crippen LogP contribution in [0.15, 0.2) is 47.6 Å². The van der Waals surface area contributed by atoms with E-state index in [4.69, 9.17) is 9.47 Å². The normalized spacial score (nSPS) is 16.5. The first-order valence-corrected chi connectivity index (χ1v) is 10.7. The van der Waals surface area contributed by atoms with Gasteiger partial charge in [0.1, 0.15) is 5.75 Å². The maximum Gasteiger partial charge on any atom is 0.213 e. The molecule has 7 nitrogen and oxygen atoms in total. The van der Waals surface area contributed by atoms with Gasteiger partial charge in [0, 0.05) is 63.8 Å². The molecule has 2 aliphatic rings. The SMILES string of the molecule is CN=C(NCc1ccc(OCC2CC2)nc1)N1CCN(c2cccc(OC)c2)CC1.I. The van der Waals surface area contributed by atoms with E-state index in [0.29, 0.717) is 12.4 Å². The lowest BCUT2D eigenvalue weighted by atomic mass is 10.2. The number of piperazine rings is 1. The zero-order valence-corrected chi connectivity index (χ0v) is 20.6. The van der Waals surface area contributed by atoms with Crippen molar-refractivity contribution in [3.05, 3.63) is 48.2 Å². The Hall–Kier alpha value is -2.23. The number of pyridine rings is 1. The highest BCUT2D eigenvalue weighted by atomic mass is 127. The minimum Gasteiger partial charge on any atom is -0.497 e. The standard InChI is InChI=1S/C23H31N5O2.HI/c1-24-23(26-16-19-8-9-22(25-15-19)30-17-18-6-7-18)28-12-10-27(11-13-28)20-4-3-5-21(14-20)29-2;/h3-5,8-9,14-15,18H,6-7,10-13,16-17H2,1-2H3,(H,24,26);1H. The number of hydrogen-bond donors (Lipinski definition) is 1. The van der Waals surface area contributed by atoms with Gasteiger partial charge in [0.15, 0.2) is 5.96 Å². The van der Waals surface area contributed by atoms with Crippen LogP contribution in [-0.4, -0.2) is 62.8 Å². The van der Waals surface area contributed by atoms with Crippen LogP contribution in [0.1, 0.15) is 18.4 Å². The molecule has 1 saturated carbocycles. The molecule has 31 heavy (non-hydrogen) atoms. The lowest BCUT2D eigenvalue weighted by molar-refractivity contribution is 0.288. The molecule has 1 aromatic carbocycles. The fourth-order valence-corrected chi connectivity index (χ4v) is 3.59. The van der Waals surface area contributed by atoms with Crippen molar-refractivity contribution in [1.82, 2.24) is 15.2 Å². The number of benzene rings is 1. The Labute approximate surface area is 201 Å². The summed E-state index contributed by atoms with van der Waals surface area (Å²) in [6.07, 6.45) is 4.45. The van der Waals surface area contributed by atoms with Crippen LogP contribution >= 0.6 is 24.0 Å². The van der Waals surface area contributed by atoms with Gasteiger partial charge in [-0.15, -0.1) is 24.0 Å². The summed E-state index contributed by atoms with van der Waals surface area (Å²) in [5.74, 6) is 3.27. The Morgan fingerprint density at radius 1 is 1.16 bits per heavy atom. The second kappa shape index (κ2) is 11.4. The number of anilines is 1. The molecule has 8 heteroatoms. The van der Waals surface area contributed by atoms with Crippen molar-refractivity contribution in [3.8, 4) is 11.6 Å². The average molecular weight is 537 g/mol. The number of aromatic nitrogens is 1. The molecule has 1 aromatic heterocycles. The van der Waals surface area contributed by atoms with E-state index in [0.717, 1.165) is 56.0 Å². The molecule has 0 bridgehead atoms. The van der Waals surface area contributed by atoms with Crippen LogP contribution in [0.4, 0.5) is 5.69 Å². The van der Waals surface area contributed by atoms with Crippen molar-refractivity contribution in [2.75, 3.05) is 51.8 Å². The molecule has 1 aliphatic heterocycles. The van der Waals surface area contributed by atoms with Crippen molar-refractivity contribution >= 4 is 35.6 Å². The number of rotatable bonds is 7. The molecule has 0 unspecified atom stereocenters. The maximum atomic E-state index is 5.71. The highest BCUT2D eigenvalue weighted by Crippen LogP contribution is 2.29. The van der Waals surface area contributed by atoms with Crippen LogP contribution in [0.3, 0.4) is 0 Å². The van der Waals surface area contributed by atoms with E-state index in [1.54, 1.807) is 7.11 Å². The molecule has 0 amide bonds. The third-order valence-corrected chi connectivity index (χ3v) is 5.62. The third-order valence-electron chi connectivity index (χ3n) is 5.62. The molecule has 2 aromatic rings. The molecular formula is C23H32IN5O2. The summed E-state index contributed by atoms with van der Waals surface area (Å²) in [6.45, 7) is 5.22. The molecule has 0 atom stereocenters. The zero-order valence-electron chi connectivity index (χ0n) is 18.3. The molecular weight excluding hydrogens is 505 g/mol. The average Bonchev–Trinajstić information content (AvgIpc) is 3.64. The van der Waals surface area contributed by atoms with Gasteiger partial charge in [0.2, 0.25) is 5.88 Å². The first-order valence-electron chi connectivity index (χ1n) is 10.7. The van der Waals surface area contributed by atoms with Gasteiger partial charge in [-0.25, -0.2) is 4.98 Å². The number of nitrogens with zero attached hydrogens (tertiary/aromatic N) is 4. The number of guanidine groups is 1. The Morgan fingerprint density at radius 3 is 2.61 bits per heavy atom. The van der Waals surface area contributed by atoms with Crippen molar-refractivity contribution in [2.24, 2.45) is 10.9 Å². The molecule has 1 saturated heterocycles. The number of halogens is 1. The Morgan fingerprint density at radius 2 is 1.97 bits per heavy atom. The van der Waals surface area contributed by atoms with Gasteiger partial charge >= 0.3 is 0 Å². The largest absolute Gasteiger partial charge is 0.497 e. The van der Waals surface area contributed by atoms with Gasteiger partial charge in [0.25, 0.3) is 0 Å². The topological polar surface area (TPSA) is 62.2 Å². The third kappa shape index (κ3) is 6.62. The van der Waals surface area contributed by atoms with Gasteiger partial charge in [-0.2, -0.15) is 0 Å². The molecule has 4 rings (SSSR count). The molecule has 1 N–H and O–H groups in total. The van der Waals surface area contributed by atoms with Crippen LogP contribution < -0.4 is 19.7 Å². The highest BCUT2D eigenvalue weighted by molar-refractivity contribution is 14.0. The van der Waals surface area contributed by atoms with Crippen LogP contribution in [-0.2, 0) is 6.54 Å². The highest BCUT2D eigenvalue weighted by Gasteiger charge is 2.22. The molecule has 168 valence electrons. The van der Waals surface area contributed by atoms with E-state index in [2.05, 4.69) is 43.3 Å². The molecule has 2 fully saturated rings.